The second-order valence-electron chi connectivity index (χ2n) is 6.98. The van der Waals surface area contributed by atoms with Crippen LogP contribution >= 0.6 is 15.9 Å². The second-order valence-corrected chi connectivity index (χ2v) is 7.77. The van der Waals surface area contributed by atoms with Gasteiger partial charge >= 0.3 is 0 Å². The van der Waals surface area contributed by atoms with Crippen molar-refractivity contribution in [3.05, 3.63) is 62.5 Å². The third kappa shape index (κ3) is 3.34. The summed E-state index contributed by atoms with van der Waals surface area (Å²) in [6.07, 6.45) is -2.96. The van der Waals surface area contributed by atoms with Gasteiger partial charge in [0.15, 0.2) is 0 Å². The fraction of sp³-hybridized carbons (Fsp3) is 0.316. The molecule has 1 aromatic carbocycles. The van der Waals surface area contributed by atoms with Crippen LogP contribution in [0.25, 0.3) is 10.9 Å². The van der Waals surface area contributed by atoms with Gasteiger partial charge in [0.1, 0.15) is 28.0 Å². The summed E-state index contributed by atoms with van der Waals surface area (Å²) < 4.78 is 68.2. The van der Waals surface area contributed by atoms with Crippen molar-refractivity contribution >= 4 is 32.7 Å². The highest BCUT2D eigenvalue weighted by molar-refractivity contribution is 9.10. The molecule has 11 heteroatoms. The maximum atomic E-state index is 14.3. The van der Waals surface area contributed by atoms with Crippen LogP contribution in [-0.4, -0.2) is 21.0 Å². The molecule has 2 heterocycles. The van der Waals surface area contributed by atoms with E-state index in [4.69, 9.17) is 0 Å². The number of anilines is 1. The Hall–Kier alpha value is -2.56. The molecule has 1 saturated carbocycles. The van der Waals surface area contributed by atoms with Crippen LogP contribution in [0.3, 0.4) is 0 Å². The van der Waals surface area contributed by atoms with Crippen LogP contribution in [0.2, 0.25) is 0 Å². The van der Waals surface area contributed by atoms with Gasteiger partial charge in [0.05, 0.1) is 16.5 Å². The van der Waals surface area contributed by atoms with E-state index in [1.807, 2.05) is 0 Å². The molecule has 2 aromatic heterocycles. The fourth-order valence-corrected chi connectivity index (χ4v) is 3.84. The molecule has 4 rings (SSSR count). The van der Waals surface area contributed by atoms with Crippen LogP contribution in [0.1, 0.15) is 30.4 Å². The van der Waals surface area contributed by atoms with E-state index >= 15 is 0 Å². The number of pyridine rings is 1. The predicted octanol–water partition coefficient (Wildman–Crippen LogP) is 5.00. The van der Waals surface area contributed by atoms with Crippen molar-refractivity contribution in [1.29, 1.82) is 0 Å². The highest BCUT2D eigenvalue weighted by Gasteiger charge is 2.53. The highest BCUT2D eigenvalue weighted by Crippen LogP contribution is 2.48. The summed E-state index contributed by atoms with van der Waals surface area (Å²) in [4.78, 5) is 20.7. The quantitative estimate of drug-likeness (QED) is 0.496. The molecule has 0 saturated heterocycles. The van der Waals surface area contributed by atoms with Crippen molar-refractivity contribution in [1.82, 2.24) is 14.5 Å². The number of benzene rings is 1. The van der Waals surface area contributed by atoms with Gasteiger partial charge in [-0.1, -0.05) is 18.2 Å². The molecule has 0 unspecified atom stereocenters. The summed E-state index contributed by atoms with van der Waals surface area (Å²) in [5.41, 5.74) is -2.75. The molecule has 1 fully saturated rings. The maximum Gasteiger partial charge on any atom is 0.267 e. The summed E-state index contributed by atoms with van der Waals surface area (Å²) in [5, 5.41) is 3.09. The summed E-state index contributed by atoms with van der Waals surface area (Å²) in [6.45, 7) is -0.185. The normalized spacial score (nSPS) is 15.2. The summed E-state index contributed by atoms with van der Waals surface area (Å²) in [7, 11) is 0. The first kappa shape index (κ1) is 20.7. The molecule has 30 heavy (non-hydrogen) atoms. The molecule has 0 amide bonds. The number of nitrogens with zero attached hydrogens (tertiary/aromatic N) is 3. The standard InChI is InChI=1S/C19H14BrF5N4O/c20-12-14-11(7-29(17(12)30)19(4-5-19)18(24)25)16(28-8-27-14)26-6-9-2-1-3-10(13(9)21)15(22)23/h1-3,7-8,15,18H,4-6H2,(H,26,27,28). The van der Waals surface area contributed by atoms with Crippen molar-refractivity contribution in [2.24, 2.45) is 0 Å². The molecular formula is C19H14BrF5N4O. The van der Waals surface area contributed by atoms with Crippen LogP contribution in [-0.2, 0) is 12.1 Å². The SMILES string of the molecule is O=c1c(Br)c2ncnc(NCc3cccc(C(F)F)c3F)c2cn1C1(C(F)F)CC1. The number of hydrogen-bond acceptors (Lipinski definition) is 4. The smallest absolute Gasteiger partial charge is 0.267 e. The number of halogens is 6. The Morgan fingerprint density at radius 2 is 1.93 bits per heavy atom. The average Bonchev–Trinajstić information content (AvgIpc) is 3.51. The Labute approximate surface area is 175 Å². The van der Waals surface area contributed by atoms with E-state index in [9.17, 15) is 26.7 Å². The van der Waals surface area contributed by atoms with Crippen LogP contribution in [0.15, 0.2) is 40.0 Å². The third-order valence-electron chi connectivity index (χ3n) is 5.19. The van der Waals surface area contributed by atoms with Gasteiger partial charge < -0.3 is 9.88 Å². The van der Waals surface area contributed by atoms with E-state index in [-0.39, 0.29) is 46.1 Å². The molecule has 0 atom stereocenters. The zero-order valence-corrected chi connectivity index (χ0v) is 16.8. The molecule has 0 radical (unpaired) electrons. The van der Waals surface area contributed by atoms with Gasteiger partial charge in [0, 0.05) is 18.3 Å². The Kier molecular flexibility index (Phi) is 5.25. The zero-order valence-electron chi connectivity index (χ0n) is 15.2. The number of rotatable bonds is 6. The van der Waals surface area contributed by atoms with Gasteiger partial charge in [0.2, 0.25) is 0 Å². The third-order valence-corrected chi connectivity index (χ3v) is 5.91. The van der Waals surface area contributed by atoms with Gasteiger partial charge in [-0.25, -0.2) is 31.9 Å². The van der Waals surface area contributed by atoms with Crippen LogP contribution < -0.4 is 10.9 Å². The molecule has 5 nitrogen and oxygen atoms in total. The lowest BCUT2D eigenvalue weighted by atomic mass is 10.1. The highest BCUT2D eigenvalue weighted by atomic mass is 79.9. The van der Waals surface area contributed by atoms with Crippen molar-refractivity contribution < 1.29 is 22.0 Å². The number of alkyl halides is 4. The van der Waals surface area contributed by atoms with E-state index in [0.29, 0.717) is 0 Å². The first-order chi connectivity index (χ1) is 14.3. The number of nitrogens with one attached hydrogen (secondary N) is 1. The van der Waals surface area contributed by atoms with Crippen LogP contribution in [0.4, 0.5) is 27.8 Å². The Balaban J connectivity index is 1.75. The monoisotopic (exact) mass is 488 g/mol. The minimum atomic E-state index is -2.96. The maximum absolute atomic E-state index is 14.3. The van der Waals surface area contributed by atoms with Gasteiger partial charge in [-0.3, -0.25) is 4.79 Å². The Morgan fingerprint density at radius 3 is 2.57 bits per heavy atom. The second kappa shape index (κ2) is 7.60. The van der Waals surface area contributed by atoms with Gasteiger partial charge in [-0.15, -0.1) is 0 Å². The molecular weight excluding hydrogens is 475 g/mol. The predicted molar refractivity (Wildman–Crippen MR) is 103 cm³/mol. The van der Waals surface area contributed by atoms with Gasteiger partial charge in [0.25, 0.3) is 18.4 Å². The fourth-order valence-electron chi connectivity index (χ4n) is 3.34. The van der Waals surface area contributed by atoms with Crippen molar-refractivity contribution in [3.8, 4) is 0 Å². The summed E-state index contributed by atoms with van der Waals surface area (Å²) >= 11 is 3.13. The molecule has 3 aromatic rings. The first-order valence-electron chi connectivity index (χ1n) is 8.90. The Bertz CT molecular complexity index is 1180. The zero-order chi connectivity index (χ0) is 21.6. The molecule has 0 aliphatic heterocycles. The molecule has 1 aliphatic carbocycles. The largest absolute Gasteiger partial charge is 0.365 e. The summed E-state index contributed by atoms with van der Waals surface area (Å²) in [6, 6.07) is 3.66. The van der Waals surface area contributed by atoms with Gasteiger partial charge in [-0.05, 0) is 28.8 Å². The molecule has 1 aliphatic rings. The topological polar surface area (TPSA) is 59.8 Å². The molecule has 158 valence electrons. The van der Waals surface area contributed by atoms with Crippen LogP contribution in [0.5, 0.6) is 0 Å². The van der Waals surface area contributed by atoms with E-state index in [2.05, 4.69) is 31.2 Å². The van der Waals surface area contributed by atoms with E-state index in [1.54, 1.807) is 0 Å². The van der Waals surface area contributed by atoms with E-state index in [1.165, 1.54) is 18.3 Å². The van der Waals surface area contributed by atoms with E-state index < -0.39 is 35.3 Å². The Morgan fingerprint density at radius 1 is 1.20 bits per heavy atom. The molecule has 1 N–H and O–H groups in total. The first-order valence-corrected chi connectivity index (χ1v) is 9.69. The van der Waals surface area contributed by atoms with Crippen LogP contribution in [0, 0.1) is 5.82 Å². The number of fused-ring (bicyclic) bond motifs is 1. The van der Waals surface area contributed by atoms with Gasteiger partial charge in [-0.2, -0.15) is 0 Å². The number of hydrogen-bond donors (Lipinski definition) is 1. The molecule has 0 spiro atoms. The van der Waals surface area contributed by atoms with Crippen molar-refractivity contribution in [2.45, 2.75) is 37.8 Å². The lowest BCUT2D eigenvalue weighted by Gasteiger charge is -2.19. The minimum absolute atomic E-state index is 0.00301. The summed E-state index contributed by atoms with van der Waals surface area (Å²) in [5.74, 6) is -0.882. The van der Waals surface area contributed by atoms with E-state index in [0.717, 1.165) is 17.0 Å². The minimum Gasteiger partial charge on any atom is -0.365 e. The lowest BCUT2D eigenvalue weighted by Crippen LogP contribution is -2.35. The lowest BCUT2D eigenvalue weighted by molar-refractivity contribution is 0.0653. The van der Waals surface area contributed by atoms with Crippen molar-refractivity contribution in [2.75, 3.05) is 5.32 Å². The number of aromatic nitrogens is 3. The van der Waals surface area contributed by atoms with Crippen molar-refractivity contribution in [3.63, 3.8) is 0 Å². The molecule has 0 bridgehead atoms. The average molecular weight is 489 g/mol.